The van der Waals surface area contributed by atoms with Crippen LogP contribution in [0.2, 0.25) is 0 Å². The number of aromatic nitrogens is 2. The van der Waals surface area contributed by atoms with Gasteiger partial charge < -0.3 is 74.9 Å². The number of aliphatic hydroxyl groups is 2. The van der Waals surface area contributed by atoms with E-state index in [1.54, 1.807) is 6.26 Å². The Morgan fingerprint density at radius 1 is 0.663 bits per heavy atom. The number of aliphatic hydroxyl groups excluding tert-OH is 2. The predicted molar refractivity (Wildman–Crippen MR) is 307 cm³/mol. The second kappa shape index (κ2) is 37.7. The van der Waals surface area contributed by atoms with Crippen LogP contribution in [0.15, 0.2) is 41.8 Å². The van der Waals surface area contributed by atoms with E-state index in [1.165, 1.54) is 55.5 Å². The molecule has 1 heterocycles. The summed E-state index contributed by atoms with van der Waals surface area (Å²) in [6.45, 7) is 5.46. The predicted octanol–water partition coefficient (Wildman–Crippen LogP) is -1.04. The zero-order valence-electron chi connectivity index (χ0n) is 47.9. The van der Waals surface area contributed by atoms with E-state index >= 15 is 0 Å². The number of guanidine groups is 1. The normalized spacial score (nSPS) is 14.9. The highest BCUT2D eigenvalue weighted by Gasteiger charge is 2.37. The van der Waals surface area contributed by atoms with Gasteiger partial charge in [-0.3, -0.25) is 57.7 Å². The first-order valence-electron chi connectivity index (χ1n) is 27.6. The standard InChI is InChI=1S/C55H86N12O15S/c1-30(2)19-35(52(80)66-42(50(57)78)26-38-27-60-29-62-38)22-44(72)41(10-8-17-61-55(58)59)65-53(81)36(20-33-11-13-39(71)14-12-33)23-45(73)40(9-6-7-16-56)64-54(82)37(25-48(76)77)24-47(75)49(31(3)69)67-51(79)34(15-18-83-5)21-46(74)43(28-68)63-32(4)70/h11-14,27,29-31,34-37,40-43,49,68-69,71H,6-10,15-26,28,56H2,1-5H3,(H2,57,78)(H,60,62)(H,63,70)(H,64,82)(H,65,81)(H,66,80)(H,67,79)(H,76,77)(H4,58,59,61)/t31-,34-,35-,36-,37+,40+,41+,42+,43+,49+/m1/s1. The molecule has 0 aliphatic heterocycles. The van der Waals surface area contributed by atoms with Crippen molar-refractivity contribution in [2.45, 2.75) is 154 Å². The molecule has 0 bridgehead atoms. The van der Waals surface area contributed by atoms with Crippen LogP contribution in [0.25, 0.3) is 0 Å². The summed E-state index contributed by atoms with van der Waals surface area (Å²) >= 11 is 1.35. The number of amides is 6. The van der Waals surface area contributed by atoms with Crippen molar-refractivity contribution in [1.29, 1.82) is 0 Å². The Kier molecular flexibility index (Phi) is 32.6. The van der Waals surface area contributed by atoms with E-state index in [-0.39, 0.29) is 82.1 Å². The van der Waals surface area contributed by atoms with Crippen molar-refractivity contribution in [2.75, 3.05) is 31.7 Å². The molecule has 28 heteroatoms. The third-order valence-electron chi connectivity index (χ3n) is 13.6. The number of carboxylic acids is 1. The molecule has 10 atom stereocenters. The maximum Gasteiger partial charge on any atom is 0.304 e. The summed E-state index contributed by atoms with van der Waals surface area (Å²) in [4.78, 5) is 160. The molecule has 0 spiro atoms. The van der Waals surface area contributed by atoms with Crippen LogP contribution < -0.4 is 49.5 Å². The van der Waals surface area contributed by atoms with Crippen molar-refractivity contribution in [1.82, 2.24) is 36.6 Å². The summed E-state index contributed by atoms with van der Waals surface area (Å²) < 4.78 is 0. The lowest BCUT2D eigenvalue weighted by atomic mass is 9.87. The third-order valence-corrected chi connectivity index (χ3v) is 14.2. The lowest BCUT2D eigenvalue weighted by Crippen LogP contribution is -2.52. The molecule has 0 aliphatic carbocycles. The molecule has 0 saturated heterocycles. The lowest BCUT2D eigenvalue weighted by molar-refractivity contribution is -0.143. The van der Waals surface area contributed by atoms with E-state index in [1.807, 2.05) is 13.8 Å². The SMILES string of the molecule is CSCC[C@H](CC(=O)[C@H](CO)NC(C)=O)C(=O)N[C@H](C(=O)C[C@@H](CC(=O)O)C(=O)N[C@@H](CCCCN)C(=O)C[C@@H](Cc1ccc(O)cc1)C(=O)N[C@@H](CCCN=C(N)N)C(=O)C[C@@H](CC(C)C)C(=O)N[C@@H](Cc1cnc[nH]1)C(N)=O)[C@@H](C)O. The maximum atomic E-state index is 14.7. The topological polar surface area (TPSA) is 474 Å². The number of ketones is 4. The number of rotatable bonds is 43. The number of aromatic amines is 1. The monoisotopic (exact) mass is 1190 g/mol. The Bertz CT molecular complexity index is 2490. The van der Waals surface area contributed by atoms with Gasteiger partial charge in [-0.1, -0.05) is 26.0 Å². The van der Waals surface area contributed by atoms with Crippen molar-refractivity contribution in [3.63, 3.8) is 0 Å². The van der Waals surface area contributed by atoms with Crippen LogP contribution in [-0.4, -0.2) is 169 Å². The molecule has 0 unspecified atom stereocenters. The van der Waals surface area contributed by atoms with Gasteiger partial charge in [0.2, 0.25) is 35.4 Å². The van der Waals surface area contributed by atoms with E-state index in [0.717, 1.165) is 6.92 Å². The Morgan fingerprint density at radius 3 is 1.72 bits per heavy atom. The second-order valence-electron chi connectivity index (χ2n) is 21.1. The van der Waals surface area contributed by atoms with E-state index in [0.29, 0.717) is 23.4 Å². The number of primary amides is 1. The van der Waals surface area contributed by atoms with Crippen molar-refractivity contribution >= 4 is 82.3 Å². The fourth-order valence-electron chi connectivity index (χ4n) is 9.15. The van der Waals surface area contributed by atoms with Gasteiger partial charge in [0, 0.05) is 75.2 Å². The van der Waals surface area contributed by atoms with Gasteiger partial charge in [-0.05, 0) is 100 Å². The highest BCUT2D eigenvalue weighted by atomic mass is 32.2. The average molecular weight is 1190 g/mol. The molecule has 2 rings (SSSR count). The van der Waals surface area contributed by atoms with Crippen LogP contribution in [0.1, 0.15) is 116 Å². The largest absolute Gasteiger partial charge is 0.508 e. The fourth-order valence-corrected chi connectivity index (χ4v) is 9.67. The smallest absolute Gasteiger partial charge is 0.304 e. The Morgan fingerprint density at radius 2 is 1.20 bits per heavy atom. The first-order chi connectivity index (χ1) is 39.2. The first kappa shape index (κ1) is 71.8. The number of nitrogens with two attached hydrogens (primary N) is 4. The zero-order chi connectivity index (χ0) is 62.3. The molecular weight excluding hydrogens is 1100 g/mol. The quantitative estimate of drug-likeness (QED) is 0.0214. The minimum absolute atomic E-state index is 0.0101. The number of nitrogens with zero attached hydrogens (tertiary/aromatic N) is 2. The van der Waals surface area contributed by atoms with Crippen molar-refractivity contribution < 1.29 is 73.2 Å². The number of phenolic OH excluding ortho intramolecular Hbond substituents is 1. The van der Waals surface area contributed by atoms with Gasteiger partial charge in [0.1, 0.15) is 23.9 Å². The van der Waals surface area contributed by atoms with E-state index in [2.05, 4.69) is 41.5 Å². The summed E-state index contributed by atoms with van der Waals surface area (Å²) in [6, 6.07) is -1.12. The zero-order valence-corrected chi connectivity index (χ0v) is 48.8. The van der Waals surface area contributed by atoms with Crippen LogP contribution in [-0.2, 0) is 65.6 Å². The molecule has 1 aromatic carbocycles. The van der Waals surface area contributed by atoms with Crippen LogP contribution in [0, 0.1) is 29.6 Å². The van der Waals surface area contributed by atoms with Gasteiger partial charge in [0.25, 0.3) is 0 Å². The number of Topliss-reactive ketones (excluding diaryl/α,β-unsaturated/α-hetero) is 4. The second-order valence-corrected chi connectivity index (χ2v) is 22.1. The number of carboxylic acid groups (broad SMARTS) is 1. The Hall–Kier alpha value is -7.30. The summed E-state index contributed by atoms with van der Waals surface area (Å²) in [6.07, 6.45) is 0.582. The summed E-state index contributed by atoms with van der Waals surface area (Å²) in [5.74, 6) is -14.3. The van der Waals surface area contributed by atoms with Crippen LogP contribution >= 0.6 is 11.8 Å². The molecule has 462 valence electrons. The number of aromatic hydroxyl groups is 1. The number of H-pyrrole nitrogens is 1. The Labute approximate surface area is 487 Å². The van der Waals surface area contributed by atoms with Crippen LogP contribution in [0.5, 0.6) is 5.75 Å². The number of aliphatic carboxylic acids is 1. The summed E-state index contributed by atoms with van der Waals surface area (Å²) in [7, 11) is 0. The van der Waals surface area contributed by atoms with Gasteiger partial charge in [0.05, 0.1) is 43.5 Å². The highest BCUT2D eigenvalue weighted by molar-refractivity contribution is 7.98. The number of phenols is 1. The average Bonchev–Trinajstić information content (AvgIpc) is 3.98. The van der Waals surface area contributed by atoms with E-state index in [4.69, 9.17) is 22.9 Å². The number of benzene rings is 1. The third kappa shape index (κ3) is 27.6. The molecular formula is C55H86N12O15S. The van der Waals surface area contributed by atoms with Crippen molar-refractivity contribution in [2.24, 2.45) is 57.5 Å². The molecule has 6 amide bonds. The Balaban J connectivity index is 2.54. The number of nitrogens with one attached hydrogen (secondary N) is 6. The van der Waals surface area contributed by atoms with Crippen LogP contribution in [0.3, 0.4) is 0 Å². The van der Waals surface area contributed by atoms with Gasteiger partial charge >= 0.3 is 5.97 Å². The molecule has 0 aliphatic rings. The highest BCUT2D eigenvalue weighted by Crippen LogP contribution is 2.24. The number of imidazole rings is 1. The minimum atomic E-state index is -1.71. The molecule has 1 aromatic heterocycles. The summed E-state index contributed by atoms with van der Waals surface area (Å²) in [5, 5.41) is 53.3. The lowest BCUT2D eigenvalue weighted by Gasteiger charge is -2.27. The number of thioether (sulfide) groups is 1. The summed E-state index contributed by atoms with van der Waals surface area (Å²) in [5.41, 5.74) is 23.5. The van der Waals surface area contributed by atoms with Crippen molar-refractivity contribution in [3.05, 3.63) is 48.0 Å². The molecule has 0 saturated carbocycles. The number of carbonyl (C=O) groups is 11. The molecule has 27 nitrogen and oxygen atoms in total. The van der Waals surface area contributed by atoms with E-state index in [9.17, 15) is 73.2 Å². The fraction of sp³-hybridized carbons (Fsp3) is 0.618. The number of hydrogen-bond acceptors (Lipinski definition) is 18. The maximum absolute atomic E-state index is 14.7. The van der Waals surface area contributed by atoms with Gasteiger partial charge in [-0.2, -0.15) is 11.8 Å². The molecule has 18 N–H and O–H groups in total. The molecule has 0 radical (unpaired) electrons. The number of unbranched alkanes of at least 4 members (excludes halogenated alkanes) is 1. The first-order valence-corrected chi connectivity index (χ1v) is 29.0. The molecule has 2 aromatic rings. The van der Waals surface area contributed by atoms with Crippen LogP contribution in [0.4, 0.5) is 0 Å². The van der Waals surface area contributed by atoms with Gasteiger partial charge in [0.15, 0.2) is 29.1 Å². The van der Waals surface area contributed by atoms with Gasteiger partial charge in [-0.15, -0.1) is 0 Å². The van der Waals surface area contributed by atoms with Crippen molar-refractivity contribution in [3.8, 4) is 5.75 Å². The molecule has 83 heavy (non-hydrogen) atoms. The number of aliphatic imine (C=N–C) groups is 1. The number of hydrogen-bond donors (Lipinski definition) is 14. The molecule has 0 fully saturated rings. The minimum Gasteiger partial charge on any atom is -0.508 e. The van der Waals surface area contributed by atoms with E-state index < -0.39 is 163 Å². The van der Waals surface area contributed by atoms with Gasteiger partial charge in [-0.25, -0.2) is 4.98 Å². The number of carbonyl (C=O) groups excluding carboxylic acids is 10.